The number of carbonyl (C=O) groups is 1. The Hall–Kier alpha value is -3.37. The summed E-state index contributed by atoms with van der Waals surface area (Å²) in [6.45, 7) is 4.00. The predicted molar refractivity (Wildman–Crippen MR) is 135 cm³/mol. The number of hydrogen-bond donors (Lipinski definition) is 3. The van der Waals surface area contributed by atoms with E-state index < -0.39 is 6.10 Å². The van der Waals surface area contributed by atoms with Gasteiger partial charge in [-0.3, -0.25) is 4.79 Å². The molecule has 0 radical (unpaired) electrons. The van der Waals surface area contributed by atoms with Gasteiger partial charge in [0, 0.05) is 37.8 Å². The summed E-state index contributed by atoms with van der Waals surface area (Å²) < 4.78 is 5.97. The molecular weight excluding hydrogens is 428 g/mol. The van der Waals surface area contributed by atoms with Crippen LogP contribution in [0.5, 0.6) is 11.5 Å². The minimum absolute atomic E-state index is 0.248. The maximum atomic E-state index is 13.2. The molecule has 7 nitrogen and oxygen atoms in total. The van der Waals surface area contributed by atoms with Crippen LogP contribution in [0, 0.1) is 12.3 Å². The number of fused-ring (bicyclic) bond motifs is 1. The lowest BCUT2D eigenvalue weighted by molar-refractivity contribution is -0.122. The summed E-state index contributed by atoms with van der Waals surface area (Å²) in [7, 11) is 2.12. The molecular formula is C27H32N4O3. The van der Waals surface area contributed by atoms with Crippen molar-refractivity contribution in [1.82, 2.24) is 4.90 Å². The van der Waals surface area contributed by atoms with Crippen molar-refractivity contribution in [3.63, 3.8) is 0 Å². The molecule has 2 fully saturated rings. The summed E-state index contributed by atoms with van der Waals surface area (Å²) in [5.41, 5.74) is 4.15. The monoisotopic (exact) mass is 460 g/mol. The first-order chi connectivity index (χ1) is 16.5. The number of ether oxygens (including phenoxy) is 1. The standard InChI is InChI=1S/C27H32N4O3/c1-3-18-8-9-25-22(14-18)28-17-26(34-25)27(33)29-21-16-24(32)20(19-6-4-5-7-19)15-23(21)31-12-10-30(2)11-13-31/h1,8-9,14-16,19,26,28,32H,4-7,10-13,17H2,2H3,(H,29,33). The van der Waals surface area contributed by atoms with Crippen LogP contribution in [0.1, 0.15) is 42.7 Å². The van der Waals surface area contributed by atoms with Gasteiger partial charge >= 0.3 is 0 Å². The molecule has 5 rings (SSSR count). The van der Waals surface area contributed by atoms with E-state index in [2.05, 4.69) is 39.5 Å². The highest BCUT2D eigenvalue weighted by Gasteiger charge is 2.29. The zero-order chi connectivity index (χ0) is 23.7. The fourth-order valence-corrected chi connectivity index (χ4v) is 5.18. The quantitative estimate of drug-likeness (QED) is 0.606. The van der Waals surface area contributed by atoms with Crippen molar-refractivity contribution in [3.8, 4) is 23.8 Å². The van der Waals surface area contributed by atoms with Crippen LogP contribution in [-0.2, 0) is 4.79 Å². The van der Waals surface area contributed by atoms with Gasteiger partial charge in [0.2, 0.25) is 0 Å². The van der Waals surface area contributed by atoms with E-state index >= 15 is 0 Å². The topological polar surface area (TPSA) is 77.1 Å². The number of terminal acetylenes is 1. The Kier molecular flexibility index (Phi) is 6.25. The van der Waals surface area contributed by atoms with Gasteiger partial charge < -0.3 is 30.3 Å². The van der Waals surface area contributed by atoms with Crippen LogP contribution in [0.4, 0.5) is 17.1 Å². The molecule has 1 saturated heterocycles. The first-order valence-corrected chi connectivity index (χ1v) is 12.1. The Bertz CT molecular complexity index is 1110. The van der Waals surface area contributed by atoms with Gasteiger partial charge in [-0.05, 0) is 55.6 Å². The van der Waals surface area contributed by atoms with Crippen LogP contribution in [0.15, 0.2) is 30.3 Å². The number of amides is 1. The lowest BCUT2D eigenvalue weighted by Crippen LogP contribution is -2.45. The second-order valence-corrected chi connectivity index (χ2v) is 9.53. The van der Waals surface area contributed by atoms with Gasteiger partial charge in [0.1, 0.15) is 11.5 Å². The normalized spacial score (nSPS) is 20.7. The van der Waals surface area contributed by atoms with Gasteiger partial charge in [-0.15, -0.1) is 6.42 Å². The van der Waals surface area contributed by atoms with Crippen LogP contribution in [0.3, 0.4) is 0 Å². The molecule has 1 saturated carbocycles. The number of carbonyl (C=O) groups excluding carboxylic acids is 1. The molecule has 1 unspecified atom stereocenters. The van der Waals surface area contributed by atoms with Gasteiger partial charge in [-0.2, -0.15) is 0 Å². The van der Waals surface area contributed by atoms with E-state index in [0.717, 1.165) is 61.5 Å². The highest BCUT2D eigenvalue weighted by Crippen LogP contribution is 2.43. The molecule has 2 aromatic rings. The molecule has 2 aliphatic heterocycles. The molecule has 3 aliphatic rings. The van der Waals surface area contributed by atoms with Crippen LogP contribution >= 0.6 is 0 Å². The molecule has 0 bridgehead atoms. The van der Waals surface area contributed by atoms with Crippen molar-refractivity contribution in [2.45, 2.75) is 37.7 Å². The summed E-state index contributed by atoms with van der Waals surface area (Å²) in [5, 5.41) is 17.2. The molecule has 2 aromatic carbocycles. The number of rotatable bonds is 4. The van der Waals surface area contributed by atoms with Gasteiger partial charge in [0.05, 0.1) is 23.6 Å². The minimum atomic E-state index is -0.693. The van der Waals surface area contributed by atoms with Crippen molar-refractivity contribution in [1.29, 1.82) is 0 Å². The Morgan fingerprint density at radius 1 is 1.18 bits per heavy atom. The molecule has 1 amide bonds. The average molecular weight is 461 g/mol. The zero-order valence-electron chi connectivity index (χ0n) is 19.6. The number of phenols is 1. The number of nitrogens with zero attached hydrogens (tertiary/aromatic N) is 2. The fourth-order valence-electron chi connectivity index (χ4n) is 5.18. The third-order valence-corrected chi connectivity index (χ3v) is 7.23. The summed E-state index contributed by atoms with van der Waals surface area (Å²) in [6.07, 6.45) is 9.38. The SMILES string of the molecule is C#Cc1ccc2c(c1)NCC(C(=O)Nc1cc(O)c(C3CCCC3)cc1N1CCN(C)CC1)O2. The number of piperazine rings is 1. The number of aromatic hydroxyl groups is 1. The lowest BCUT2D eigenvalue weighted by Gasteiger charge is -2.36. The van der Waals surface area contributed by atoms with E-state index in [1.54, 1.807) is 18.2 Å². The van der Waals surface area contributed by atoms with E-state index in [0.29, 0.717) is 23.9 Å². The number of benzene rings is 2. The van der Waals surface area contributed by atoms with Crippen LogP contribution in [0.25, 0.3) is 0 Å². The molecule has 178 valence electrons. The van der Waals surface area contributed by atoms with Gasteiger partial charge in [0.15, 0.2) is 6.10 Å². The molecule has 1 atom stereocenters. The highest BCUT2D eigenvalue weighted by atomic mass is 16.5. The van der Waals surface area contributed by atoms with Crippen molar-refractivity contribution in [3.05, 3.63) is 41.5 Å². The Labute approximate surface area is 201 Å². The second kappa shape index (κ2) is 9.47. The maximum Gasteiger partial charge on any atom is 0.267 e. The van der Waals surface area contributed by atoms with E-state index in [1.165, 1.54) is 12.8 Å². The summed E-state index contributed by atoms with van der Waals surface area (Å²) in [6, 6.07) is 9.25. The third-order valence-electron chi connectivity index (χ3n) is 7.23. The number of nitrogens with one attached hydrogen (secondary N) is 2. The first kappa shape index (κ1) is 22.4. The first-order valence-electron chi connectivity index (χ1n) is 12.1. The lowest BCUT2D eigenvalue weighted by atomic mass is 9.95. The predicted octanol–water partition coefficient (Wildman–Crippen LogP) is 3.59. The molecule has 3 N–H and O–H groups in total. The molecule has 0 aromatic heterocycles. The zero-order valence-corrected chi connectivity index (χ0v) is 19.6. The Morgan fingerprint density at radius 2 is 1.94 bits per heavy atom. The number of hydrogen-bond acceptors (Lipinski definition) is 6. The van der Waals surface area contributed by atoms with Crippen LogP contribution < -0.4 is 20.3 Å². The highest BCUT2D eigenvalue weighted by molar-refractivity contribution is 5.98. The fraction of sp³-hybridized carbons (Fsp3) is 0.444. The summed E-state index contributed by atoms with van der Waals surface area (Å²) in [4.78, 5) is 17.8. The van der Waals surface area contributed by atoms with Crippen molar-refractivity contribution < 1.29 is 14.6 Å². The largest absolute Gasteiger partial charge is 0.508 e. The molecule has 34 heavy (non-hydrogen) atoms. The number of phenolic OH excluding ortho intramolecular Hbond substituents is 1. The Morgan fingerprint density at radius 3 is 2.68 bits per heavy atom. The number of likely N-dealkylation sites (N-methyl/N-ethyl adjacent to an activating group) is 1. The van der Waals surface area contributed by atoms with Crippen molar-refractivity contribution in [2.75, 3.05) is 55.3 Å². The molecule has 2 heterocycles. The molecule has 1 aliphatic carbocycles. The number of anilines is 3. The van der Waals surface area contributed by atoms with Gasteiger partial charge in [-0.25, -0.2) is 0 Å². The van der Waals surface area contributed by atoms with Gasteiger partial charge in [-0.1, -0.05) is 18.8 Å². The van der Waals surface area contributed by atoms with Crippen LogP contribution in [0.2, 0.25) is 0 Å². The summed E-state index contributed by atoms with van der Waals surface area (Å²) in [5.74, 6) is 3.60. The van der Waals surface area contributed by atoms with E-state index in [1.807, 2.05) is 6.07 Å². The van der Waals surface area contributed by atoms with Crippen molar-refractivity contribution in [2.24, 2.45) is 0 Å². The third kappa shape index (κ3) is 4.51. The van der Waals surface area contributed by atoms with E-state index in [9.17, 15) is 9.90 Å². The average Bonchev–Trinajstić information content (AvgIpc) is 3.39. The minimum Gasteiger partial charge on any atom is -0.508 e. The Balaban J connectivity index is 1.39. The maximum absolute atomic E-state index is 13.2. The van der Waals surface area contributed by atoms with Crippen molar-refractivity contribution >= 4 is 23.0 Å². The smallest absolute Gasteiger partial charge is 0.267 e. The van der Waals surface area contributed by atoms with E-state index in [4.69, 9.17) is 11.2 Å². The van der Waals surface area contributed by atoms with Crippen LogP contribution in [-0.4, -0.2) is 61.8 Å². The molecule has 0 spiro atoms. The molecule has 7 heteroatoms. The van der Waals surface area contributed by atoms with Gasteiger partial charge in [0.25, 0.3) is 5.91 Å². The van der Waals surface area contributed by atoms with E-state index in [-0.39, 0.29) is 11.7 Å². The summed E-state index contributed by atoms with van der Waals surface area (Å²) >= 11 is 0. The second-order valence-electron chi connectivity index (χ2n) is 9.53.